The van der Waals surface area contributed by atoms with E-state index in [9.17, 15) is 14.4 Å². The maximum Gasteiger partial charge on any atom is 0.255 e. The van der Waals surface area contributed by atoms with E-state index in [2.05, 4.69) is 5.32 Å². The molecule has 2 aliphatic heterocycles. The number of amides is 3. The summed E-state index contributed by atoms with van der Waals surface area (Å²) in [7, 11) is 0. The molecule has 28 heavy (non-hydrogen) atoms. The lowest BCUT2D eigenvalue weighted by molar-refractivity contribution is -0.136. The highest BCUT2D eigenvalue weighted by Crippen LogP contribution is 2.30. The van der Waals surface area contributed by atoms with Crippen molar-refractivity contribution in [3.63, 3.8) is 0 Å². The SMILES string of the molecule is O=C1CCC(N2Cc3cc(OCCOCCOCCO)ccc3C2=O)C(=O)N1. The monoisotopic (exact) mass is 392 g/mol. The summed E-state index contributed by atoms with van der Waals surface area (Å²) in [6.07, 6.45) is 0.572. The molecule has 1 aromatic carbocycles. The first-order valence-electron chi connectivity index (χ1n) is 9.27. The van der Waals surface area contributed by atoms with Crippen molar-refractivity contribution in [2.45, 2.75) is 25.4 Å². The standard InChI is InChI=1S/C19H24N2O7/c22-5-6-26-7-8-27-9-10-28-14-1-2-15-13(11-14)12-21(19(15)25)16-3-4-17(23)20-18(16)24/h1-2,11,16,22H,3-10,12H2,(H,20,23,24). The van der Waals surface area contributed by atoms with E-state index in [1.165, 1.54) is 4.90 Å². The number of ether oxygens (including phenoxy) is 3. The molecule has 3 amide bonds. The summed E-state index contributed by atoms with van der Waals surface area (Å²) >= 11 is 0. The van der Waals surface area contributed by atoms with Gasteiger partial charge in [0.25, 0.3) is 5.91 Å². The van der Waals surface area contributed by atoms with Gasteiger partial charge in [0.1, 0.15) is 18.4 Å². The van der Waals surface area contributed by atoms with Gasteiger partial charge in [-0.1, -0.05) is 0 Å². The number of fused-ring (bicyclic) bond motifs is 1. The molecule has 9 heteroatoms. The quantitative estimate of drug-likeness (QED) is 0.420. The molecular weight excluding hydrogens is 368 g/mol. The van der Waals surface area contributed by atoms with Gasteiger partial charge >= 0.3 is 0 Å². The van der Waals surface area contributed by atoms with Crippen LogP contribution in [-0.2, 0) is 25.6 Å². The summed E-state index contributed by atoms with van der Waals surface area (Å²) in [5.41, 5.74) is 1.35. The fraction of sp³-hybridized carbons (Fsp3) is 0.526. The van der Waals surface area contributed by atoms with Crippen molar-refractivity contribution in [1.82, 2.24) is 10.2 Å². The fourth-order valence-electron chi connectivity index (χ4n) is 3.25. The molecular formula is C19H24N2O7. The maximum atomic E-state index is 12.6. The largest absolute Gasteiger partial charge is 0.491 e. The van der Waals surface area contributed by atoms with Gasteiger partial charge in [0, 0.05) is 18.5 Å². The zero-order chi connectivity index (χ0) is 19.9. The van der Waals surface area contributed by atoms with E-state index in [0.717, 1.165) is 5.56 Å². The molecule has 0 spiro atoms. The van der Waals surface area contributed by atoms with E-state index in [1.54, 1.807) is 18.2 Å². The van der Waals surface area contributed by atoms with Crippen LogP contribution in [0.25, 0.3) is 0 Å². The molecule has 1 atom stereocenters. The van der Waals surface area contributed by atoms with Crippen molar-refractivity contribution in [2.75, 3.05) is 39.6 Å². The van der Waals surface area contributed by atoms with Crippen molar-refractivity contribution in [1.29, 1.82) is 0 Å². The predicted molar refractivity (Wildman–Crippen MR) is 96.7 cm³/mol. The van der Waals surface area contributed by atoms with Gasteiger partial charge in [0.15, 0.2) is 0 Å². The summed E-state index contributed by atoms with van der Waals surface area (Å²) in [5.74, 6) is -0.309. The molecule has 1 unspecified atom stereocenters. The minimum absolute atomic E-state index is 0.00901. The van der Waals surface area contributed by atoms with E-state index < -0.39 is 11.9 Å². The van der Waals surface area contributed by atoms with Crippen LogP contribution >= 0.6 is 0 Å². The lowest BCUT2D eigenvalue weighted by atomic mass is 10.0. The number of carbonyl (C=O) groups is 3. The minimum Gasteiger partial charge on any atom is -0.491 e. The average molecular weight is 392 g/mol. The molecule has 152 valence electrons. The topological polar surface area (TPSA) is 114 Å². The van der Waals surface area contributed by atoms with E-state index in [1.807, 2.05) is 0 Å². The molecule has 0 saturated carbocycles. The predicted octanol–water partition coefficient (Wildman–Crippen LogP) is -0.148. The van der Waals surface area contributed by atoms with Crippen molar-refractivity contribution in [3.05, 3.63) is 29.3 Å². The van der Waals surface area contributed by atoms with Gasteiger partial charge in [0.05, 0.1) is 33.0 Å². The molecule has 1 saturated heterocycles. The molecule has 2 N–H and O–H groups in total. The van der Waals surface area contributed by atoms with E-state index >= 15 is 0 Å². The molecule has 0 aliphatic carbocycles. The summed E-state index contributed by atoms with van der Waals surface area (Å²) in [6, 6.07) is 4.59. The van der Waals surface area contributed by atoms with Crippen LogP contribution in [0, 0.1) is 0 Å². The number of nitrogens with one attached hydrogen (secondary N) is 1. The number of hydrogen-bond acceptors (Lipinski definition) is 7. The molecule has 1 aromatic rings. The highest BCUT2D eigenvalue weighted by molar-refractivity contribution is 6.05. The van der Waals surface area contributed by atoms with E-state index in [-0.39, 0.29) is 24.8 Å². The second-order valence-electron chi connectivity index (χ2n) is 6.52. The van der Waals surface area contributed by atoms with Crippen LogP contribution in [-0.4, -0.2) is 73.4 Å². The van der Waals surface area contributed by atoms with Gasteiger partial charge in [-0.15, -0.1) is 0 Å². The third-order valence-electron chi connectivity index (χ3n) is 4.60. The third kappa shape index (κ3) is 4.86. The number of carbonyl (C=O) groups excluding carboxylic acids is 3. The number of nitrogens with zero attached hydrogens (tertiary/aromatic N) is 1. The number of piperidine rings is 1. The number of aliphatic hydroxyl groups is 1. The Morgan fingerprint density at radius 3 is 2.57 bits per heavy atom. The summed E-state index contributed by atoms with van der Waals surface area (Å²) in [5, 5.41) is 10.9. The van der Waals surface area contributed by atoms with Gasteiger partial charge < -0.3 is 24.2 Å². The molecule has 2 heterocycles. The van der Waals surface area contributed by atoms with Crippen LogP contribution in [0.1, 0.15) is 28.8 Å². The number of rotatable bonds is 10. The average Bonchev–Trinajstić information content (AvgIpc) is 3.00. The first kappa shape index (κ1) is 20.2. The summed E-state index contributed by atoms with van der Waals surface area (Å²) in [6.45, 7) is 2.18. The van der Waals surface area contributed by atoms with Gasteiger partial charge in [-0.25, -0.2) is 0 Å². The van der Waals surface area contributed by atoms with Gasteiger partial charge in [-0.2, -0.15) is 0 Å². The molecule has 0 bridgehead atoms. The second-order valence-corrected chi connectivity index (χ2v) is 6.52. The molecule has 3 rings (SSSR count). The number of hydrogen-bond donors (Lipinski definition) is 2. The molecule has 1 fully saturated rings. The minimum atomic E-state index is -0.622. The Hall–Kier alpha value is -2.49. The molecule has 9 nitrogen and oxygen atoms in total. The highest BCUT2D eigenvalue weighted by atomic mass is 16.5. The summed E-state index contributed by atoms with van der Waals surface area (Å²) < 4.78 is 16.1. The number of imide groups is 1. The normalized spacial score (nSPS) is 19.0. The maximum absolute atomic E-state index is 12.6. The van der Waals surface area contributed by atoms with Crippen LogP contribution in [0.3, 0.4) is 0 Å². The first-order chi connectivity index (χ1) is 13.6. The molecule has 0 radical (unpaired) electrons. The second kappa shape index (κ2) is 9.63. The Kier molecular flexibility index (Phi) is 6.96. The zero-order valence-electron chi connectivity index (χ0n) is 15.5. The van der Waals surface area contributed by atoms with Crippen LogP contribution in [0.5, 0.6) is 5.75 Å². The molecule has 2 aliphatic rings. The van der Waals surface area contributed by atoms with Crippen molar-refractivity contribution in [3.8, 4) is 5.75 Å². The summed E-state index contributed by atoms with van der Waals surface area (Å²) in [4.78, 5) is 37.5. The van der Waals surface area contributed by atoms with Crippen LogP contribution in [0.4, 0.5) is 0 Å². The third-order valence-corrected chi connectivity index (χ3v) is 4.60. The number of aliphatic hydroxyl groups excluding tert-OH is 1. The Morgan fingerprint density at radius 2 is 1.82 bits per heavy atom. The van der Waals surface area contributed by atoms with E-state index in [0.29, 0.717) is 57.3 Å². The lowest BCUT2D eigenvalue weighted by Gasteiger charge is -2.29. The Balaban J connectivity index is 1.48. The van der Waals surface area contributed by atoms with E-state index in [4.69, 9.17) is 19.3 Å². The van der Waals surface area contributed by atoms with Crippen LogP contribution in [0.2, 0.25) is 0 Å². The Labute approximate surface area is 162 Å². The smallest absolute Gasteiger partial charge is 0.255 e. The Morgan fingerprint density at radius 1 is 1.07 bits per heavy atom. The first-order valence-corrected chi connectivity index (χ1v) is 9.27. The highest BCUT2D eigenvalue weighted by Gasteiger charge is 2.39. The fourth-order valence-corrected chi connectivity index (χ4v) is 3.25. The van der Waals surface area contributed by atoms with Gasteiger partial charge in [-0.05, 0) is 30.2 Å². The van der Waals surface area contributed by atoms with Crippen molar-refractivity contribution in [2.24, 2.45) is 0 Å². The number of benzene rings is 1. The van der Waals surface area contributed by atoms with Crippen molar-refractivity contribution >= 4 is 17.7 Å². The van der Waals surface area contributed by atoms with Crippen molar-refractivity contribution < 1.29 is 33.7 Å². The molecule has 0 aromatic heterocycles. The van der Waals surface area contributed by atoms with Crippen LogP contribution < -0.4 is 10.1 Å². The van der Waals surface area contributed by atoms with Crippen LogP contribution in [0.15, 0.2) is 18.2 Å². The van der Waals surface area contributed by atoms with Gasteiger partial charge in [-0.3, -0.25) is 19.7 Å². The lowest BCUT2D eigenvalue weighted by Crippen LogP contribution is -2.52. The zero-order valence-corrected chi connectivity index (χ0v) is 15.5. The van der Waals surface area contributed by atoms with Gasteiger partial charge in [0.2, 0.25) is 11.8 Å². The Bertz CT molecular complexity index is 737.